The number of hydrogen-bond donors (Lipinski definition) is 1. The molecule has 0 aliphatic rings. The summed E-state index contributed by atoms with van der Waals surface area (Å²) in [6.45, 7) is -0.376. The van der Waals surface area contributed by atoms with Crippen molar-refractivity contribution >= 4 is 15.5 Å². The summed E-state index contributed by atoms with van der Waals surface area (Å²) in [4.78, 5) is 0.187. The van der Waals surface area contributed by atoms with Crippen LogP contribution < -0.4 is 0 Å². The summed E-state index contributed by atoms with van der Waals surface area (Å²) in [5.41, 5.74) is 0.598. The smallest absolute Gasteiger partial charge is 0.180 e. The number of nitrogens with zero attached hydrogens (tertiary/aromatic N) is 2. The topological polar surface area (TPSA) is 79.1 Å². The predicted octanol–water partition coefficient (Wildman–Crippen LogP) is 1.17. The average Bonchev–Trinajstić information content (AvgIpc) is 2.19. The van der Waals surface area contributed by atoms with Crippen LogP contribution in [0.4, 0.5) is 5.69 Å². The molecule has 0 amide bonds. The third kappa shape index (κ3) is 3.10. The molecule has 82 valence electrons. The molecular weight excluding hydrogens is 216 g/mol. The highest BCUT2D eigenvalue weighted by Crippen LogP contribution is 2.17. The van der Waals surface area contributed by atoms with Crippen LogP contribution in [0.3, 0.4) is 0 Å². The van der Waals surface area contributed by atoms with E-state index in [-0.39, 0.29) is 17.3 Å². The monoisotopic (exact) mass is 228 g/mol. The Hall–Kier alpha value is -1.27. The van der Waals surface area contributed by atoms with E-state index in [0.717, 1.165) is 0 Å². The Kier molecular flexibility index (Phi) is 3.93. The molecule has 0 radical (unpaired) electrons. The number of benzene rings is 1. The Bertz CT molecular complexity index is 437. The largest absolute Gasteiger partial charge is 0.395 e. The summed E-state index contributed by atoms with van der Waals surface area (Å²) in [7, 11) is -1.83. The van der Waals surface area contributed by atoms with Crippen molar-refractivity contribution in [2.75, 3.05) is 19.4 Å². The van der Waals surface area contributed by atoms with E-state index in [0.29, 0.717) is 5.69 Å². The summed E-state index contributed by atoms with van der Waals surface area (Å²) >= 11 is 0. The van der Waals surface area contributed by atoms with Crippen molar-refractivity contribution in [2.24, 2.45) is 10.2 Å². The molecule has 0 bridgehead atoms. The average molecular weight is 228 g/mol. The molecule has 0 saturated carbocycles. The van der Waals surface area contributed by atoms with Gasteiger partial charge in [-0.1, -0.05) is 0 Å². The van der Waals surface area contributed by atoms with E-state index in [2.05, 4.69) is 10.2 Å². The molecule has 0 spiro atoms. The lowest BCUT2D eigenvalue weighted by atomic mass is 10.3. The van der Waals surface area contributed by atoms with Gasteiger partial charge in [0.25, 0.3) is 0 Å². The van der Waals surface area contributed by atoms with Crippen LogP contribution in [0.15, 0.2) is 39.4 Å². The Balaban J connectivity index is 2.98. The maximum Gasteiger partial charge on any atom is 0.180 e. The van der Waals surface area contributed by atoms with Gasteiger partial charge in [-0.3, -0.25) is 0 Å². The summed E-state index contributed by atoms with van der Waals surface area (Å²) in [6, 6.07) is 6.04. The fourth-order valence-corrected chi connectivity index (χ4v) is 2.10. The van der Waals surface area contributed by atoms with E-state index in [1.54, 1.807) is 12.1 Å². The van der Waals surface area contributed by atoms with Crippen molar-refractivity contribution in [3.8, 4) is 0 Å². The van der Waals surface area contributed by atoms with Gasteiger partial charge in [0.05, 0.1) is 22.9 Å². The maximum absolute atomic E-state index is 11.5. The highest BCUT2D eigenvalue weighted by atomic mass is 32.2. The SMILES string of the molecule is CN=Nc1ccc(S(=O)(=O)CCO)cc1. The van der Waals surface area contributed by atoms with Crippen LogP contribution >= 0.6 is 0 Å². The molecule has 0 aliphatic carbocycles. The quantitative estimate of drug-likeness (QED) is 0.785. The highest BCUT2D eigenvalue weighted by molar-refractivity contribution is 7.91. The fraction of sp³-hybridized carbons (Fsp3) is 0.333. The minimum atomic E-state index is -3.36. The van der Waals surface area contributed by atoms with E-state index in [9.17, 15) is 8.42 Å². The number of azo groups is 1. The second kappa shape index (κ2) is 4.99. The van der Waals surface area contributed by atoms with Gasteiger partial charge >= 0.3 is 0 Å². The van der Waals surface area contributed by atoms with Gasteiger partial charge in [0.2, 0.25) is 0 Å². The van der Waals surface area contributed by atoms with Crippen LogP contribution in [0.25, 0.3) is 0 Å². The van der Waals surface area contributed by atoms with E-state index in [4.69, 9.17) is 5.11 Å². The molecule has 6 heteroatoms. The first kappa shape index (κ1) is 11.8. The lowest BCUT2D eigenvalue weighted by Gasteiger charge is -2.01. The Morgan fingerprint density at radius 1 is 1.27 bits per heavy atom. The van der Waals surface area contributed by atoms with Crippen molar-refractivity contribution in [3.63, 3.8) is 0 Å². The molecule has 1 aromatic rings. The van der Waals surface area contributed by atoms with Crippen molar-refractivity contribution in [3.05, 3.63) is 24.3 Å². The lowest BCUT2D eigenvalue weighted by Crippen LogP contribution is -2.09. The van der Waals surface area contributed by atoms with Gasteiger partial charge in [-0.05, 0) is 24.3 Å². The van der Waals surface area contributed by atoms with Gasteiger partial charge < -0.3 is 5.11 Å². The summed E-state index contributed by atoms with van der Waals surface area (Å²) in [5, 5.41) is 15.9. The first-order chi connectivity index (χ1) is 7.10. The van der Waals surface area contributed by atoms with Crippen molar-refractivity contribution in [2.45, 2.75) is 4.90 Å². The van der Waals surface area contributed by atoms with Crippen molar-refractivity contribution < 1.29 is 13.5 Å². The number of aliphatic hydroxyl groups is 1. The third-order valence-electron chi connectivity index (χ3n) is 1.77. The van der Waals surface area contributed by atoms with Gasteiger partial charge in [-0.2, -0.15) is 10.2 Å². The second-order valence-electron chi connectivity index (χ2n) is 2.84. The zero-order valence-corrected chi connectivity index (χ0v) is 9.11. The zero-order chi connectivity index (χ0) is 11.3. The Morgan fingerprint density at radius 3 is 2.33 bits per heavy atom. The fourth-order valence-electron chi connectivity index (χ4n) is 1.07. The van der Waals surface area contributed by atoms with Crippen LogP contribution in [0.5, 0.6) is 0 Å². The van der Waals surface area contributed by atoms with Crippen LogP contribution in [0.1, 0.15) is 0 Å². The maximum atomic E-state index is 11.5. The van der Waals surface area contributed by atoms with E-state index in [1.807, 2.05) is 0 Å². The van der Waals surface area contributed by atoms with Gasteiger partial charge in [-0.25, -0.2) is 8.42 Å². The number of hydrogen-bond acceptors (Lipinski definition) is 5. The molecule has 1 N–H and O–H groups in total. The molecule has 0 fully saturated rings. The zero-order valence-electron chi connectivity index (χ0n) is 8.29. The molecular formula is C9H12N2O3S. The molecule has 0 unspecified atom stereocenters. The first-order valence-corrected chi connectivity index (χ1v) is 5.99. The summed E-state index contributed by atoms with van der Waals surface area (Å²) in [6.07, 6.45) is 0. The van der Waals surface area contributed by atoms with E-state index < -0.39 is 9.84 Å². The minimum absolute atomic E-state index is 0.187. The summed E-state index contributed by atoms with van der Waals surface area (Å²) in [5.74, 6) is -0.262. The Labute approximate surface area is 88.4 Å². The van der Waals surface area contributed by atoms with Crippen LogP contribution in [0, 0.1) is 0 Å². The van der Waals surface area contributed by atoms with Crippen LogP contribution in [-0.4, -0.2) is 32.9 Å². The summed E-state index contributed by atoms with van der Waals surface area (Å²) < 4.78 is 23.0. The van der Waals surface area contributed by atoms with E-state index in [1.165, 1.54) is 19.2 Å². The highest BCUT2D eigenvalue weighted by Gasteiger charge is 2.12. The molecule has 0 atom stereocenters. The molecule has 1 rings (SSSR count). The number of rotatable bonds is 4. The van der Waals surface area contributed by atoms with Gasteiger partial charge in [-0.15, -0.1) is 0 Å². The molecule has 0 aromatic heterocycles. The molecule has 5 nitrogen and oxygen atoms in total. The number of sulfone groups is 1. The van der Waals surface area contributed by atoms with Gasteiger partial charge in [0.1, 0.15) is 0 Å². The predicted molar refractivity (Wildman–Crippen MR) is 56.0 cm³/mol. The molecule has 15 heavy (non-hydrogen) atoms. The second-order valence-corrected chi connectivity index (χ2v) is 4.95. The third-order valence-corrected chi connectivity index (χ3v) is 3.48. The molecule has 1 aromatic carbocycles. The normalized spacial score (nSPS) is 12.1. The standard InChI is InChI=1S/C9H12N2O3S/c1-10-11-8-2-4-9(5-3-8)15(13,14)7-6-12/h2-5,12H,6-7H2,1H3. The van der Waals surface area contributed by atoms with Gasteiger partial charge in [0.15, 0.2) is 9.84 Å². The van der Waals surface area contributed by atoms with Crippen molar-refractivity contribution in [1.82, 2.24) is 0 Å². The first-order valence-electron chi connectivity index (χ1n) is 4.33. The Morgan fingerprint density at radius 2 is 1.87 bits per heavy atom. The van der Waals surface area contributed by atoms with Crippen LogP contribution in [0.2, 0.25) is 0 Å². The minimum Gasteiger partial charge on any atom is -0.395 e. The van der Waals surface area contributed by atoms with Crippen LogP contribution in [-0.2, 0) is 9.84 Å². The lowest BCUT2D eigenvalue weighted by molar-refractivity contribution is 0.319. The van der Waals surface area contributed by atoms with Crippen molar-refractivity contribution in [1.29, 1.82) is 0 Å². The number of aliphatic hydroxyl groups excluding tert-OH is 1. The molecule has 0 heterocycles. The van der Waals surface area contributed by atoms with Gasteiger partial charge in [0, 0.05) is 7.05 Å². The molecule has 0 aliphatic heterocycles. The molecule has 0 saturated heterocycles. The van der Waals surface area contributed by atoms with E-state index >= 15 is 0 Å².